The Labute approximate surface area is 59.9 Å². The molecule has 0 bridgehead atoms. The van der Waals surface area contributed by atoms with Crippen molar-refractivity contribution in [2.24, 2.45) is 0 Å². The molecule has 1 aliphatic carbocycles. The van der Waals surface area contributed by atoms with Crippen LogP contribution in [0.2, 0.25) is 0 Å². The van der Waals surface area contributed by atoms with Crippen molar-refractivity contribution in [1.82, 2.24) is 0 Å². The SMILES string of the molecule is O=C1CCCC(=C2CC2)O1. The number of rotatable bonds is 0. The van der Waals surface area contributed by atoms with E-state index in [9.17, 15) is 4.79 Å². The molecule has 1 saturated carbocycles. The van der Waals surface area contributed by atoms with Gasteiger partial charge in [-0.15, -0.1) is 0 Å². The van der Waals surface area contributed by atoms with E-state index >= 15 is 0 Å². The molecular weight excluding hydrogens is 128 g/mol. The van der Waals surface area contributed by atoms with Crippen LogP contribution in [0.1, 0.15) is 32.1 Å². The fourth-order valence-corrected chi connectivity index (χ4v) is 1.22. The van der Waals surface area contributed by atoms with Crippen LogP contribution in [0.5, 0.6) is 0 Å². The second-order valence-corrected chi connectivity index (χ2v) is 2.85. The van der Waals surface area contributed by atoms with Crippen molar-refractivity contribution in [1.29, 1.82) is 0 Å². The largest absolute Gasteiger partial charge is 0.431 e. The Kier molecular flexibility index (Phi) is 1.26. The lowest BCUT2D eigenvalue weighted by Crippen LogP contribution is -2.10. The minimum atomic E-state index is -0.0411. The molecule has 0 spiro atoms. The van der Waals surface area contributed by atoms with Crippen LogP contribution < -0.4 is 0 Å². The van der Waals surface area contributed by atoms with E-state index in [0.717, 1.165) is 31.4 Å². The molecule has 1 aliphatic heterocycles. The lowest BCUT2D eigenvalue weighted by molar-refractivity contribution is -0.141. The molecule has 2 fully saturated rings. The summed E-state index contributed by atoms with van der Waals surface area (Å²) in [5.74, 6) is 0.942. The molecule has 1 heterocycles. The third kappa shape index (κ3) is 1.06. The first-order valence-electron chi connectivity index (χ1n) is 3.78. The van der Waals surface area contributed by atoms with Gasteiger partial charge in [0.2, 0.25) is 0 Å². The minimum absolute atomic E-state index is 0.0411. The van der Waals surface area contributed by atoms with Gasteiger partial charge in [-0.3, -0.25) is 4.79 Å². The Morgan fingerprint density at radius 2 is 1.90 bits per heavy atom. The summed E-state index contributed by atoms with van der Waals surface area (Å²) in [5, 5.41) is 0. The molecule has 10 heavy (non-hydrogen) atoms. The first-order valence-corrected chi connectivity index (χ1v) is 3.78. The number of carbonyl (C=O) groups excluding carboxylic acids is 1. The molecule has 0 unspecified atom stereocenters. The molecule has 0 aromatic heterocycles. The van der Waals surface area contributed by atoms with E-state index in [1.165, 1.54) is 5.57 Å². The lowest BCUT2D eigenvalue weighted by Gasteiger charge is -2.13. The van der Waals surface area contributed by atoms with E-state index < -0.39 is 0 Å². The predicted molar refractivity (Wildman–Crippen MR) is 36.2 cm³/mol. The smallest absolute Gasteiger partial charge is 0.310 e. The highest BCUT2D eigenvalue weighted by Gasteiger charge is 2.23. The molecular formula is C8H10O2. The second kappa shape index (κ2) is 2.11. The zero-order chi connectivity index (χ0) is 6.97. The van der Waals surface area contributed by atoms with Crippen molar-refractivity contribution in [3.8, 4) is 0 Å². The molecule has 0 aromatic carbocycles. The van der Waals surface area contributed by atoms with E-state index in [1.807, 2.05) is 0 Å². The van der Waals surface area contributed by atoms with Gasteiger partial charge < -0.3 is 4.74 Å². The number of esters is 1. The Hall–Kier alpha value is -0.790. The maximum absolute atomic E-state index is 10.7. The van der Waals surface area contributed by atoms with E-state index in [1.54, 1.807) is 0 Å². The number of ether oxygens (including phenoxy) is 1. The highest BCUT2D eigenvalue weighted by atomic mass is 16.5. The summed E-state index contributed by atoms with van der Waals surface area (Å²) >= 11 is 0. The third-order valence-electron chi connectivity index (χ3n) is 1.92. The molecule has 2 heteroatoms. The Balaban J connectivity index is 2.10. The van der Waals surface area contributed by atoms with Crippen molar-refractivity contribution < 1.29 is 9.53 Å². The summed E-state index contributed by atoms with van der Waals surface area (Å²) in [5.41, 5.74) is 1.37. The predicted octanol–water partition coefficient (Wildman–Crippen LogP) is 1.76. The van der Waals surface area contributed by atoms with Crippen LogP contribution in [-0.2, 0) is 9.53 Å². The normalized spacial score (nSPS) is 24.6. The van der Waals surface area contributed by atoms with Crippen LogP contribution in [0.25, 0.3) is 0 Å². The monoisotopic (exact) mass is 138 g/mol. The molecule has 0 aromatic rings. The molecule has 0 N–H and O–H groups in total. The fourth-order valence-electron chi connectivity index (χ4n) is 1.22. The molecule has 2 rings (SSSR count). The zero-order valence-electron chi connectivity index (χ0n) is 5.85. The van der Waals surface area contributed by atoms with Crippen molar-refractivity contribution in [3.63, 3.8) is 0 Å². The zero-order valence-corrected chi connectivity index (χ0v) is 5.85. The molecule has 2 aliphatic rings. The van der Waals surface area contributed by atoms with Crippen LogP contribution in [-0.4, -0.2) is 5.97 Å². The quantitative estimate of drug-likeness (QED) is 0.477. The third-order valence-corrected chi connectivity index (χ3v) is 1.92. The summed E-state index contributed by atoms with van der Waals surface area (Å²) in [6.45, 7) is 0. The lowest BCUT2D eigenvalue weighted by atomic mass is 10.1. The van der Waals surface area contributed by atoms with Crippen molar-refractivity contribution in [2.45, 2.75) is 32.1 Å². The van der Waals surface area contributed by atoms with Gasteiger partial charge in [-0.2, -0.15) is 0 Å². The molecule has 0 radical (unpaired) electrons. The van der Waals surface area contributed by atoms with Gasteiger partial charge in [-0.1, -0.05) is 0 Å². The first-order chi connectivity index (χ1) is 4.86. The van der Waals surface area contributed by atoms with E-state index in [-0.39, 0.29) is 5.97 Å². The van der Waals surface area contributed by atoms with Gasteiger partial charge in [0, 0.05) is 12.8 Å². The Morgan fingerprint density at radius 3 is 2.50 bits per heavy atom. The summed E-state index contributed by atoms with van der Waals surface area (Å²) in [6, 6.07) is 0. The van der Waals surface area contributed by atoms with E-state index in [0.29, 0.717) is 6.42 Å². The van der Waals surface area contributed by atoms with Crippen LogP contribution in [0, 0.1) is 0 Å². The second-order valence-electron chi connectivity index (χ2n) is 2.85. The standard InChI is InChI=1S/C8H10O2/c9-8-3-1-2-7(10-8)6-4-5-6/h1-5H2. The molecule has 2 nitrogen and oxygen atoms in total. The summed E-state index contributed by atoms with van der Waals surface area (Å²) in [6.07, 6.45) is 4.89. The van der Waals surface area contributed by atoms with Gasteiger partial charge in [0.25, 0.3) is 0 Å². The summed E-state index contributed by atoms with van der Waals surface area (Å²) in [4.78, 5) is 10.7. The molecule has 0 amide bonds. The Morgan fingerprint density at radius 1 is 1.10 bits per heavy atom. The topological polar surface area (TPSA) is 26.3 Å². The van der Waals surface area contributed by atoms with Crippen LogP contribution in [0.4, 0.5) is 0 Å². The first kappa shape index (κ1) is 5.96. The van der Waals surface area contributed by atoms with Gasteiger partial charge in [-0.05, 0) is 24.8 Å². The van der Waals surface area contributed by atoms with Crippen molar-refractivity contribution >= 4 is 5.97 Å². The van der Waals surface area contributed by atoms with E-state index in [2.05, 4.69) is 0 Å². The number of carbonyl (C=O) groups is 1. The van der Waals surface area contributed by atoms with Gasteiger partial charge in [0.15, 0.2) is 0 Å². The number of hydrogen-bond donors (Lipinski definition) is 0. The highest BCUT2D eigenvalue weighted by Crippen LogP contribution is 2.35. The van der Waals surface area contributed by atoms with Gasteiger partial charge in [-0.25, -0.2) is 0 Å². The average molecular weight is 138 g/mol. The van der Waals surface area contributed by atoms with E-state index in [4.69, 9.17) is 4.74 Å². The summed E-state index contributed by atoms with van der Waals surface area (Å²) < 4.78 is 5.05. The van der Waals surface area contributed by atoms with Crippen LogP contribution in [0.3, 0.4) is 0 Å². The molecule has 1 saturated heterocycles. The van der Waals surface area contributed by atoms with Crippen molar-refractivity contribution in [3.05, 3.63) is 11.3 Å². The Bertz CT molecular complexity index is 197. The van der Waals surface area contributed by atoms with Crippen molar-refractivity contribution in [2.75, 3.05) is 0 Å². The highest BCUT2D eigenvalue weighted by molar-refractivity contribution is 5.71. The maximum atomic E-state index is 10.7. The number of cyclic esters (lactones) is 1. The minimum Gasteiger partial charge on any atom is -0.431 e. The van der Waals surface area contributed by atoms with Gasteiger partial charge >= 0.3 is 5.97 Å². The molecule has 0 atom stereocenters. The van der Waals surface area contributed by atoms with Gasteiger partial charge in [0.1, 0.15) is 5.76 Å². The maximum Gasteiger partial charge on any atom is 0.310 e. The van der Waals surface area contributed by atoms with Crippen LogP contribution >= 0.6 is 0 Å². The van der Waals surface area contributed by atoms with Crippen LogP contribution in [0.15, 0.2) is 11.3 Å². The number of allylic oxidation sites excluding steroid dienone is 2. The van der Waals surface area contributed by atoms with Gasteiger partial charge in [0.05, 0.1) is 0 Å². The molecule has 54 valence electrons. The fraction of sp³-hybridized carbons (Fsp3) is 0.625. The summed E-state index contributed by atoms with van der Waals surface area (Å²) in [7, 11) is 0. The number of hydrogen-bond acceptors (Lipinski definition) is 2. The average Bonchev–Trinajstić information content (AvgIpc) is 2.68.